The summed E-state index contributed by atoms with van der Waals surface area (Å²) in [7, 11) is 0. The van der Waals surface area contributed by atoms with Crippen LogP contribution < -0.4 is 10.6 Å². The SMILES string of the molecule is O=C(Nc1cc(C(F)(F)F)ccc1-n1cccn1)N[C@@H]1CCc2ncnn2C1. The molecule has 0 aliphatic carbocycles. The van der Waals surface area contributed by atoms with E-state index in [2.05, 4.69) is 25.8 Å². The summed E-state index contributed by atoms with van der Waals surface area (Å²) in [6.07, 6.45) is 1.34. The van der Waals surface area contributed by atoms with Gasteiger partial charge in [0.1, 0.15) is 12.2 Å². The highest BCUT2D eigenvalue weighted by atomic mass is 19.4. The largest absolute Gasteiger partial charge is 0.416 e. The Kier molecular flexibility index (Phi) is 4.49. The van der Waals surface area contributed by atoms with Crippen LogP contribution in [0, 0.1) is 0 Å². The van der Waals surface area contributed by atoms with Crippen molar-refractivity contribution in [2.24, 2.45) is 0 Å². The Hall–Kier alpha value is -3.37. The van der Waals surface area contributed by atoms with Crippen LogP contribution in [-0.2, 0) is 19.1 Å². The van der Waals surface area contributed by atoms with Gasteiger partial charge in [0.25, 0.3) is 0 Å². The summed E-state index contributed by atoms with van der Waals surface area (Å²) in [4.78, 5) is 16.6. The summed E-state index contributed by atoms with van der Waals surface area (Å²) in [6, 6.07) is 3.96. The molecule has 11 heteroatoms. The van der Waals surface area contributed by atoms with Gasteiger partial charge in [-0.1, -0.05) is 0 Å². The number of nitrogens with zero attached hydrogens (tertiary/aromatic N) is 5. The Labute approximate surface area is 157 Å². The lowest BCUT2D eigenvalue weighted by Gasteiger charge is -2.24. The number of fused-ring (bicyclic) bond motifs is 1. The average molecular weight is 391 g/mol. The number of anilines is 1. The second-order valence-electron chi connectivity index (χ2n) is 6.37. The fraction of sp³-hybridized carbons (Fsp3) is 0.294. The minimum absolute atomic E-state index is 0.00767. The van der Waals surface area contributed by atoms with Crippen LogP contribution in [0.2, 0.25) is 0 Å². The topological polar surface area (TPSA) is 89.7 Å². The van der Waals surface area contributed by atoms with Crippen LogP contribution >= 0.6 is 0 Å². The second kappa shape index (κ2) is 6.98. The number of hydrogen-bond donors (Lipinski definition) is 2. The molecule has 3 aromatic rings. The number of benzene rings is 1. The first kappa shape index (κ1) is 18.0. The van der Waals surface area contributed by atoms with Crippen molar-refractivity contribution >= 4 is 11.7 Å². The standard InChI is InChI=1S/C17H16F3N7O/c18-17(19,20)11-2-4-14(26-7-1-6-22-26)13(8-11)25-16(28)24-12-3-5-15-21-10-23-27(15)9-12/h1-2,4,6-8,10,12H,3,5,9H2,(H2,24,25,28)/t12-/m1/s1. The molecule has 4 rings (SSSR count). The van der Waals surface area contributed by atoms with E-state index in [0.29, 0.717) is 25.1 Å². The third kappa shape index (κ3) is 3.68. The molecule has 0 bridgehead atoms. The van der Waals surface area contributed by atoms with Crippen LogP contribution in [0.1, 0.15) is 17.8 Å². The van der Waals surface area contributed by atoms with Gasteiger partial charge >= 0.3 is 12.2 Å². The highest BCUT2D eigenvalue weighted by molar-refractivity contribution is 5.91. The molecule has 3 heterocycles. The van der Waals surface area contributed by atoms with Crippen LogP contribution in [0.15, 0.2) is 43.0 Å². The van der Waals surface area contributed by atoms with Crippen molar-refractivity contribution in [3.05, 3.63) is 54.4 Å². The summed E-state index contributed by atoms with van der Waals surface area (Å²) in [5.74, 6) is 0.845. The Balaban J connectivity index is 1.53. The van der Waals surface area contributed by atoms with E-state index in [4.69, 9.17) is 0 Å². The Bertz CT molecular complexity index is 981. The molecule has 0 fully saturated rings. The quantitative estimate of drug-likeness (QED) is 0.718. The molecular weight excluding hydrogens is 375 g/mol. The van der Waals surface area contributed by atoms with Gasteiger partial charge in [-0.2, -0.15) is 23.4 Å². The zero-order valence-electron chi connectivity index (χ0n) is 14.5. The maximum absolute atomic E-state index is 13.1. The summed E-state index contributed by atoms with van der Waals surface area (Å²) in [5, 5.41) is 13.4. The molecule has 28 heavy (non-hydrogen) atoms. The molecule has 1 aromatic carbocycles. The van der Waals surface area contributed by atoms with Gasteiger partial charge in [0, 0.05) is 18.8 Å². The van der Waals surface area contributed by atoms with Gasteiger partial charge in [0.15, 0.2) is 0 Å². The van der Waals surface area contributed by atoms with Crippen molar-refractivity contribution in [1.29, 1.82) is 0 Å². The van der Waals surface area contributed by atoms with Crippen molar-refractivity contribution in [3.8, 4) is 5.69 Å². The van der Waals surface area contributed by atoms with E-state index in [1.54, 1.807) is 16.9 Å². The molecule has 2 amide bonds. The van der Waals surface area contributed by atoms with E-state index in [0.717, 1.165) is 18.0 Å². The number of rotatable bonds is 3. The summed E-state index contributed by atoms with van der Waals surface area (Å²) in [5.41, 5.74) is -0.521. The van der Waals surface area contributed by atoms with Crippen LogP contribution in [0.4, 0.5) is 23.7 Å². The van der Waals surface area contributed by atoms with Gasteiger partial charge in [-0.05, 0) is 30.7 Å². The maximum atomic E-state index is 13.1. The predicted octanol–water partition coefficient (Wildman–Crippen LogP) is 2.62. The first-order valence-corrected chi connectivity index (χ1v) is 8.55. The summed E-state index contributed by atoms with van der Waals surface area (Å²) < 4.78 is 42.4. The minimum atomic E-state index is -4.53. The van der Waals surface area contributed by atoms with Gasteiger partial charge in [-0.15, -0.1) is 0 Å². The molecule has 0 saturated carbocycles. The number of halogens is 3. The van der Waals surface area contributed by atoms with Gasteiger partial charge in [0.05, 0.1) is 29.5 Å². The van der Waals surface area contributed by atoms with Gasteiger partial charge in [-0.3, -0.25) is 0 Å². The van der Waals surface area contributed by atoms with Crippen LogP contribution in [0.25, 0.3) is 5.69 Å². The lowest BCUT2D eigenvalue weighted by Crippen LogP contribution is -2.43. The van der Waals surface area contributed by atoms with Crippen molar-refractivity contribution in [3.63, 3.8) is 0 Å². The number of aryl methyl sites for hydroxylation is 1. The molecule has 0 spiro atoms. The summed E-state index contributed by atoms with van der Waals surface area (Å²) in [6.45, 7) is 0.456. The van der Waals surface area contributed by atoms with Crippen LogP contribution in [-0.4, -0.2) is 36.6 Å². The highest BCUT2D eigenvalue weighted by Crippen LogP contribution is 2.33. The molecule has 1 atom stereocenters. The fourth-order valence-electron chi connectivity index (χ4n) is 3.12. The van der Waals surface area contributed by atoms with Crippen LogP contribution in [0.3, 0.4) is 0 Å². The maximum Gasteiger partial charge on any atom is 0.416 e. The van der Waals surface area contributed by atoms with Gasteiger partial charge in [-0.25, -0.2) is 19.1 Å². The first-order valence-electron chi connectivity index (χ1n) is 8.55. The molecule has 2 aromatic heterocycles. The summed E-state index contributed by atoms with van der Waals surface area (Å²) >= 11 is 0. The molecule has 1 aliphatic heterocycles. The van der Waals surface area contributed by atoms with E-state index in [9.17, 15) is 18.0 Å². The van der Waals surface area contributed by atoms with E-state index >= 15 is 0 Å². The van der Waals surface area contributed by atoms with Crippen molar-refractivity contribution < 1.29 is 18.0 Å². The van der Waals surface area contributed by atoms with Crippen molar-refractivity contribution in [1.82, 2.24) is 29.9 Å². The molecule has 146 valence electrons. The molecule has 0 saturated heterocycles. The second-order valence-corrected chi connectivity index (χ2v) is 6.37. The van der Waals surface area contributed by atoms with Crippen molar-refractivity contribution in [2.45, 2.75) is 31.6 Å². The number of carbonyl (C=O) groups excluding carboxylic acids is 1. The molecule has 1 aliphatic rings. The number of amides is 2. The van der Waals surface area contributed by atoms with Gasteiger partial charge < -0.3 is 10.6 Å². The fourth-order valence-corrected chi connectivity index (χ4v) is 3.12. The third-order valence-electron chi connectivity index (χ3n) is 4.46. The zero-order valence-corrected chi connectivity index (χ0v) is 14.5. The average Bonchev–Trinajstić information content (AvgIpc) is 3.32. The lowest BCUT2D eigenvalue weighted by molar-refractivity contribution is -0.137. The molecular formula is C17H16F3N7O. The monoisotopic (exact) mass is 391 g/mol. The number of alkyl halides is 3. The van der Waals surface area contributed by atoms with E-state index in [-0.39, 0.29) is 11.7 Å². The lowest BCUT2D eigenvalue weighted by atomic mass is 10.1. The third-order valence-corrected chi connectivity index (χ3v) is 4.46. The van der Waals surface area contributed by atoms with E-state index < -0.39 is 17.8 Å². The number of hydrogen-bond acceptors (Lipinski definition) is 4. The highest BCUT2D eigenvalue weighted by Gasteiger charge is 2.31. The van der Waals surface area contributed by atoms with E-state index in [1.807, 2.05) is 0 Å². The Morgan fingerprint density at radius 2 is 2.11 bits per heavy atom. The number of carbonyl (C=O) groups is 1. The molecule has 0 unspecified atom stereocenters. The zero-order chi connectivity index (χ0) is 19.7. The number of aromatic nitrogens is 5. The Morgan fingerprint density at radius 3 is 2.86 bits per heavy atom. The van der Waals surface area contributed by atoms with Crippen LogP contribution in [0.5, 0.6) is 0 Å². The predicted molar refractivity (Wildman–Crippen MR) is 92.9 cm³/mol. The Morgan fingerprint density at radius 1 is 1.25 bits per heavy atom. The normalized spacial score (nSPS) is 16.5. The number of nitrogens with one attached hydrogen (secondary N) is 2. The molecule has 2 N–H and O–H groups in total. The molecule has 0 radical (unpaired) electrons. The molecule has 8 nitrogen and oxygen atoms in total. The first-order chi connectivity index (χ1) is 13.4. The van der Waals surface area contributed by atoms with Crippen molar-refractivity contribution in [2.75, 3.05) is 5.32 Å². The van der Waals surface area contributed by atoms with Gasteiger partial charge in [0.2, 0.25) is 0 Å². The smallest absolute Gasteiger partial charge is 0.333 e. The minimum Gasteiger partial charge on any atom is -0.333 e. The number of urea groups is 1. The van der Waals surface area contributed by atoms with E-state index in [1.165, 1.54) is 23.3 Å².